The Bertz CT molecular complexity index is 1980. The molecule has 0 N–H and O–H groups in total. The lowest BCUT2D eigenvalue weighted by atomic mass is 9.75. The Kier molecular flexibility index (Phi) is 6.06. The summed E-state index contributed by atoms with van der Waals surface area (Å²) in [6.45, 7) is 4.55. The first-order chi connectivity index (χ1) is 21.1. The van der Waals surface area contributed by atoms with Gasteiger partial charge in [0, 0.05) is 22.2 Å². The summed E-state index contributed by atoms with van der Waals surface area (Å²) in [4.78, 5) is 4.48. The summed E-state index contributed by atoms with van der Waals surface area (Å²) < 4.78 is 13.4. The zero-order valence-electron chi connectivity index (χ0n) is 24.0. The zero-order chi connectivity index (χ0) is 29.0. The van der Waals surface area contributed by atoms with Crippen LogP contribution in [-0.4, -0.2) is 0 Å². The van der Waals surface area contributed by atoms with Crippen LogP contribution in [0.25, 0.3) is 11.1 Å². The second kappa shape index (κ2) is 10.1. The minimum absolute atomic E-state index is 0.232. The van der Waals surface area contributed by atoms with Gasteiger partial charge in [-0.1, -0.05) is 117 Å². The fraction of sp³-hybridized carbons (Fsp3) is 0.0769. The summed E-state index contributed by atoms with van der Waals surface area (Å²) in [5, 5.41) is 0. The fourth-order valence-corrected chi connectivity index (χ4v) is 7.16. The van der Waals surface area contributed by atoms with Gasteiger partial charge in [-0.05, 0) is 59.7 Å². The summed E-state index contributed by atoms with van der Waals surface area (Å²) in [6.07, 6.45) is 0. The predicted octanol–water partition coefficient (Wildman–Crippen LogP) is 11.5. The quantitative estimate of drug-likeness (QED) is 0.208. The molecule has 0 bridgehead atoms. The number of rotatable bonds is 4. The normalized spacial score (nSPS) is 13.8. The van der Waals surface area contributed by atoms with E-state index >= 15 is 0 Å². The van der Waals surface area contributed by atoms with Crippen molar-refractivity contribution in [2.45, 2.75) is 29.1 Å². The van der Waals surface area contributed by atoms with E-state index in [0.29, 0.717) is 0 Å². The van der Waals surface area contributed by atoms with Crippen molar-refractivity contribution in [2.75, 3.05) is 4.90 Å². The van der Waals surface area contributed by atoms with E-state index in [4.69, 9.17) is 9.47 Å². The molecule has 0 unspecified atom stereocenters. The average molecular weight is 576 g/mol. The Labute approximate surface area is 256 Å². The van der Waals surface area contributed by atoms with Gasteiger partial charge in [0.15, 0.2) is 11.5 Å². The van der Waals surface area contributed by atoms with Crippen molar-refractivity contribution in [3.8, 4) is 34.1 Å². The Morgan fingerprint density at radius 1 is 0.488 bits per heavy atom. The van der Waals surface area contributed by atoms with Crippen molar-refractivity contribution >= 4 is 28.8 Å². The third kappa shape index (κ3) is 4.29. The van der Waals surface area contributed by atoms with Crippen LogP contribution >= 0.6 is 11.8 Å². The molecule has 208 valence electrons. The number of para-hydroxylation sites is 4. The third-order valence-corrected chi connectivity index (χ3v) is 9.49. The lowest BCUT2D eigenvalue weighted by Crippen LogP contribution is -2.25. The number of nitrogens with zero attached hydrogens (tertiary/aromatic N) is 1. The second-order valence-electron chi connectivity index (χ2n) is 11.4. The van der Waals surface area contributed by atoms with E-state index in [-0.39, 0.29) is 5.41 Å². The van der Waals surface area contributed by atoms with Crippen LogP contribution in [0.5, 0.6) is 23.0 Å². The molecule has 3 nitrogen and oxygen atoms in total. The van der Waals surface area contributed by atoms with Crippen molar-refractivity contribution < 1.29 is 9.47 Å². The van der Waals surface area contributed by atoms with Crippen molar-refractivity contribution in [3.05, 3.63) is 151 Å². The number of ether oxygens (including phenoxy) is 2. The minimum atomic E-state index is -0.232. The Balaban J connectivity index is 1.33. The molecule has 2 aliphatic heterocycles. The molecule has 4 heteroatoms. The van der Waals surface area contributed by atoms with Crippen molar-refractivity contribution in [3.63, 3.8) is 0 Å². The molecule has 0 aliphatic carbocycles. The Morgan fingerprint density at radius 3 is 1.88 bits per heavy atom. The summed E-state index contributed by atoms with van der Waals surface area (Å²) in [7, 11) is 0. The van der Waals surface area contributed by atoms with Gasteiger partial charge in [-0.25, -0.2) is 0 Å². The largest absolute Gasteiger partial charge is 0.455 e. The zero-order valence-corrected chi connectivity index (χ0v) is 24.8. The maximum absolute atomic E-state index is 6.77. The highest BCUT2D eigenvalue weighted by Crippen LogP contribution is 2.57. The van der Waals surface area contributed by atoms with Crippen LogP contribution in [0.3, 0.4) is 0 Å². The number of hydrogen-bond donors (Lipinski definition) is 0. The lowest BCUT2D eigenvalue weighted by Gasteiger charge is -2.38. The standard InChI is InChI=1S/C39H29NO2S/c1-39(2)29-14-6-7-18-33(29)41-37-30(39)15-10-16-31(37)40(28-24-22-27(23-25-28)26-12-4-3-5-13-26)32-17-11-21-36-38(32)42-34-19-8-9-20-35(34)43-36/h3-25H,1-2H3. The molecule has 43 heavy (non-hydrogen) atoms. The first-order valence-electron chi connectivity index (χ1n) is 14.5. The molecular weight excluding hydrogens is 547 g/mol. The molecule has 0 saturated heterocycles. The summed E-state index contributed by atoms with van der Waals surface area (Å²) in [5.74, 6) is 3.46. The Morgan fingerprint density at radius 2 is 1.07 bits per heavy atom. The topological polar surface area (TPSA) is 21.7 Å². The average Bonchev–Trinajstić information content (AvgIpc) is 3.05. The second-order valence-corrected chi connectivity index (χ2v) is 12.5. The maximum atomic E-state index is 6.77. The van der Waals surface area contributed by atoms with Crippen LogP contribution < -0.4 is 14.4 Å². The first kappa shape index (κ1) is 25.8. The van der Waals surface area contributed by atoms with Gasteiger partial charge in [-0.3, -0.25) is 0 Å². The van der Waals surface area contributed by atoms with Gasteiger partial charge in [-0.15, -0.1) is 0 Å². The third-order valence-electron chi connectivity index (χ3n) is 8.39. The molecule has 6 aromatic rings. The number of benzene rings is 6. The molecule has 0 aromatic heterocycles. The van der Waals surface area contributed by atoms with Gasteiger partial charge < -0.3 is 14.4 Å². The number of fused-ring (bicyclic) bond motifs is 4. The molecule has 0 spiro atoms. The summed E-state index contributed by atoms with van der Waals surface area (Å²) in [6, 6.07) is 48.7. The summed E-state index contributed by atoms with van der Waals surface area (Å²) in [5.41, 5.74) is 7.41. The van der Waals surface area contributed by atoms with Gasteiger partial charge in [0.1, 0.15) is 11.5 Å². The van der Waals surface area contributed by atoms with Crippen molar-refractivity contribution in [1.82, 2.24) is 0 Å². The van der Waals surface area contributed by atoms with Gasteiger partial charge >= 0.3 is 0 Å². The van der Waals surface area contributed by atoms with E-state index in [1.54, 1.807) is 11.8 Å². The lowest BCUT2D eigenvalue weighted by molar-refractivity contribution is 0.419. The summed E-state index contributed by atoms with van der Waals surface area (Å²) >= 11 is 1.74. The molecule has 0 fully saturated rings. The van der Waals surface area contributed by atoms with Gasteiger partial charge in [0.25, 0.3) is 0 Å². The predicted molar refractivity (Wildman–Crippen MR) is 176 cm³/mol. The molecule has 2 heterocycles. The maximum Gasteiger partial charge on any atom is 0.165 e. The smallest absolute Gasteiger partial charge is 0.165 e. The van der Waals surface area contributed by atoms with Gasteiger partial charge in [-0.2, -0.15) is 0 Å². The molecule has 0 atom stereocenters. The van der Waals surface area contributed by atoms with Gasteiger partial charge in [0.05, 0.1) is 21.2 Å². The van der Waals surface area contributed by atoms with Crippen molar-refractivity contribution in [1.29, 1.82) is 0 Å². The van der Waals surface area contributed by atoms with Crippen LogP contribution in [0.4, 0.5) is 17.1 Å². The monoisotopic (exact) mass is 575 g/mol. The molecule has 6 aromatic carbocycles. The molecule has 0 saturated carbocycles. The highest BCUT2D eigenvalue weighted by Gasteiger charge is 2.37. The molecule has 0 radical (unpaired) electrons. The number of anilines is 3. The van der Waals surface area contributed by atoms with Gasteiger partial charge in [0.2, 0.25) is 0 Å². The number of hydrogen-bond acceptors (Lipinski definition) is 4. The van der Waals surface area contributed by atoms with E-state index in [1.807, 2.05) is 24.3 Å². The molecule has 0 amide bonds. The molecule has 8 rings (SSSR count). The van der Waals surface area contributed by atoms with E-state index in [0.717, 1.165) is 55.4 Å². The highest BCUT2D eigenvalue weighted by molar-refractivity contribution is 7.99. The van der Waals surface area contributed by atoms with Crippen LogP contribution in [0, 0.1) is 0 Å². The van der Waals surface area contributed by atoms with Crippen LogP contribution in [-0.2, 0) is 5.41 Å². The SMILES string of the molecule is CC1(C)c2ccccc2Oc2c(N(c3ccc(-c4ccccc4)cc3)c3cccc4c3Oc3ccccc3S4)cccc21. The van der Waals surface area contributed by atoms with E-state index in [2.05, 4.69) is 134 Å². The van der Waals surface area contributed by atoms with Crippen LogP contribution in [0.15, 0.2) is 149 Å². The van der Waals surface area contributed by atoms with E-state index in [1.165, 1.54) is 16.7 Å². The Hall–Kier alpha value is -4.93. The molecular formula is C39H29NO2S. The van der Waals surface area contributed by atoms with Crippen LogP contribution in [0.2, 0.25) is 0 Å². The minimum Gasteiger partial charge on any atom is -0.455 e. The molecule has 2 aliphatic rings. The van der Waals surface area contributed by atoms with E-state index < -0.39 is 0 Å². The highest BCUT2D eigenvalue weighted by atomic mass is 32.2. The van der Waals surface area contributed by atoms with Crippen molar-refractivity contribution in [2.24, 2.45) is 0 Å². The fourth-order valence-electron chi connectivity index (χ4n) is 6.18. The first-order valence-corrected chi connectivity index (χ1v) is 15.3. The van der Waals surface area contributed by atoms with Crippen LogP contribution in [0.1, 0.15) is 25.0 Å². The van der Waals surface area contributed by atoms with E-state index in [9.17, 15) is 0 Å².